The molecule has 1 heterocycles. The first-order chi connectivity index (χ1) is 5.57. The zero-order valence-electron chi connectivity index (χ0n) is 8.24. The van der Waals surface area contributed by atoms with E-state index in [9.17, 15) is 10.2 Å². The summed E-state index contributed by atoms with van der Waals surface area (Å²) in [6.07, 6.45) is -4.70. The van der Waals surface area contributed by atoms with Crippen molar-refractivity contribution in [2.24, 2.45) is 0 Å². The molecule has 5 atom stereocenters. The van der Waals surface area contributed by atoms with E-state index in [-0.39, 0.29) is 31.0 Å². The van der Waals surface area contributed by atoms with Crippen LogP contribution in [0.2, 0.25) is 0 Å². The van der Waals surface area contributed by atoms with Crippen molar-refractivity contribution in [1.82, 2.24) is 0 Å². The zero-order chi connectivity index (χ0) is 9.30. The molecule has 0 aliphatic carbocycles. The van der Waals surface area contributed by atoms with Crippen molar-refractivity contribution >= 4 is 12.6 Å². The largest absolute Gasteiger partial charge is 1.00 e. The first kappa shape index (κ1) is 14.2. The predicted molar refractivity (Wildman–Crippen MR) is 43.9 cm³/mol. The maximum atomic E-state index is 9.20. The molecule has 7 heteroatoms. The Morgan fingerprint density at radius 2 is 1.69 bits per heavy atom. The van der Waals surface area contributed by atoms with E-state index in [0.29, 0.717) is 0 Å². The third kappa shape index (κ3) is 3.05. The molecule has 74 valence electrons. The molecule has 1 rings (SSSR count). The van der Waals surface area contributed by atoms with Crippen LogP contribution in [-0.4, -0.2) is 56.9 Å². The number of aliphatic hydroxyl groups is 4. The summed E-state index contributed by atoms with van der Waals surface area (Å²) >= 11 is 3.81. The van der Waals surface area contributed by atoms with Crippen LogP contribution in [0.5, 0.6) is 0 Å². The molecule has 0 unspecified atom stereocenters. The van der Waals surface area contributed by atoms with E-state index in [2.05, 4.69) is 12.6 Å². The third-order valence-corrected chi connectivity index (χ3v) is 2.29. The number of thiol groups is 1. The Morgan fingerprint density at radius 1 is 1.15 bits per heavy atom. The fraction of sp³-hybridized carbons (Fsp3) is 1.00. The van der Waals surface area contributed by atoms with Gasteiger partial charge in [-0.3, -0.25) is 0 Å². The van der Waals surface area contributed by atoms with E-state index >= 15 is 0 Å². The number of rotatable bonds is 1. The first-order valence-corrected chi connectivity index (χ1v) is 4.08. The minimum atomic E-state index is -1.32. The van der Waals surface area contributed by atoms with Gasteiger partial charge in [0.15, 0.2) is 0 Å². The molecule has 1 fully saturated rings. The molecule has 1 aliphatic heterocycles. The molecule has 4 N–H and O–H groups in total. The predicted octanol–water partition coefficient (Wildman–Crippen LogP) is -5.17. The molecular weight excluding hydrogens is 207 g/mol. The van der Waals surface area contributed by atoms with Crippen molar-refractivity contribution in [3.8, 4) is 0 Å². The van der Waals surface area contributed by atoms with Gasteiger partial charge in [0.05, 0.1) is 6.61 Å². The monoisotopic (exact) mass is 220 g/mol. The van der Waals surface area contributed by atoms with E-state index in [0.717, 1.165) is 0 Å². The van der Waals surface area contributed by atoms with Gasteiger partial charge < -0.3 is 26.6 Å². The molecule has 0 saturated carbocycles. The summed E-state index contributed by atoms with van der Waals surface area (Å²) < 4.78 is 4.88. The van der Waals surface area contributed by atoms with Crippen molar-refractivity contribution < 1.29 is 56.1 Å². The van der Waals surface area contributed by atoms with Crippen LogP contribution in [0.1, 0.15) is 1.43 Å². The third-order valence-electron chi connectivity index (χ3n) is 1.87. The summed E-state index contributed by atoms with van der Waals surface area (Å²) in [5, 5.41) is 36.2. The molecule has 0 aromatic heterocycles. The Morgan fingerprint density at radius 3 is 2.15 bits per heavy atom. The Bertz CT molecular complexity index is 160. The topological polar surface area (TPSA) is 90.2 Å². The Balaban J connectivity index is 0. The molecule has 0 aromatic rings. The van der Waals surface area contributed by atoms with Crippen molar-refractivity contribution in [3.05, 3.63) is 0 Å². The normalized spacial score (nSPS) is 45.5. The van der Waals surface area contributed by atoms with E-state index in [1.165, 1.54) is 0 Å². The van der Waals surface area contributed by atoms with Gasteiger partial charge in [-0.05, 0) is 0 Å². The molecule has 13 heavy (non-hydrogen) atoms. The minimum absolute atomic E-state index is 0. The van der Waals surface area contributed by atoms with Crippen molar-refractivity contribution in [2.75, 3.05) is 6.61 Å². The van der Waals surface area contributed by atoms with E-state index < -0.39 is 36.5 Å². The molecule has 0 amide bonds. The van der Waals surface area contributed by atoms with Crippen LogP contribution in [-0.2, 0) is 4.74 Å². The quantitative estimate of drug-likeness (QED) is 0.225. The molecular formula is C6H13NaO5S. The van der Waals surface area contributed by atoms with Gasteiger partial charge >= 0.3 is 29.6 Å². The Hall–Kier alpha value is 1.15. The van der Waals surface area contributed by atoms with Gasteiger partial charge in [0.25, 0.3) is 0 Å². The van der Waals surface area contributed by atoms with Crippen LogP contribution < -0.4 is 29.6 Å². The van der Waals surface area contributed by atoms with Crippen LogP contribution in [0.3, 0.4) is 0 Å². The van der Waals surface area contributed by atoms with E-state index in [1.54, 1.807) is 0 Å². The fourth-order valence-electron chi connectivity index (χ4n) is 1.08. The van der Waals surface area contributed by atoms with Crippen LogP contribution in [0.4, 0.5) is 0 Å². The van der Waals surface area contributed by atoms with Gasteiger partial charge in [0.2, 0.25) is 0 Å². The second kappa shape index (κ2) is 5.89. The van der Waals surface area contributed by atoms with Crippen molar-refractivity contribution in [1.29, 1.82) is 0 Å². The second-order valence-corrected chi connectivity index (χ2v) is 3.23. The Kier molecular flexibility index (Phi) is 6.41. The molecule has 1 aliphatic rings. The molecule has 0 spiro atoms. The maximum Gasteiger partial charge on any atom is 1.00 e. The molecule has 5 nitrogen and oxygen atoms in total. The molecule has 0 aromatic carbocycles. The summed E-state index contributed by atoms with van der Waals surface area (Å²) in [5.74, 6) is 0. The summed E-state index contributed by atoms with van der Waals surface area (Å²) in [6.45, 7) is -0.415. The zero-order valence-corrected chi connectivity index (χ0v) is 10.1. The summed E-state index contributed by atoms with van der Waals surface area (Å²) in [4.78, 5) is 0. The smallest absolute Gasteiger partial charge is 1.00 e. The average Bonchev–Trinajstić information content (AvgIpc) is 2.08. The summed E-state index contributed by atoms with van der Waals surface area (Å²) in [7, 11) is 0. The van der Waals surface area contributed by atoms with Gasteiger partial charge in [-0.25, -0.2) is 0 Å². The second-order valence-electron chi connectivity index (χ2n) is 2.72. The van der Waals surface area contributed by atoms with Gasteiger partial charge in [0, 0.05) is 0 Å². The minimum Gasteiger partial charge on any atom is -1.00 e. The molecule has 0 radical (unpaired) electrons. The average molecular weight is 220 g/mol. The molecule has 0 bridgehead atoms. The van der Waals surface area contributed by atoms with Crippen LogP contribution >= 0.6 is 12.6 Å². The van der Waals surface area contributed by atoms with Gasteiger partial charge in [-0.1, -0.05) is 0 Å². The van der Waals surface area contributed by atoms with E-state index in [1.807, 2.05) is 0 Å². The van der Waals surface area contributed by atoms with Gasteiger partial charge in [-0.15, -0.1) is 12.6 Å². The molecule has 1 saturated heterocycles. The SMILES string of the molecule is OC[C@H]1O[C@@H](S)[C@H](O)[C@@H](O)[C@H]1O.[H-].[Na+]. The van der Waals surface area contributed by atoms with Gasteiger partial charge in [-0.2, -0.15) is 0 Å². The summed E-state index contributed by atoms with van der Waals surface area (Å²) in [5.41, 5.74) is -0.874. The van der Waals surface area contributed by atoms with Crippen molar-refractivity contribution in [3.63, 3.8) is 0 Å². The van der Waals surface area contributed by atoms with Gasteiger partial charge in [0.1, 0.15) is 29.9 Å². The van der Waals surface area contributed by atoms with Crippen LogP contribution in [0.25, 0.3) is 0 Å². The number of hydrogen-bond donors (Lipinski definition) is 5. The van der Waals surface area contributed by atoms with Crippen molar-refractivity contribution in [2.45, 2.75) is 29.9 Å². The number of ether oxygens (including phenoxy) is 1. The number of hydrogen-bond acceptors (Lipinski definition) is 6. The van der Waals surface area contributed by atoms with Crippen LogP contribution in [0.15, 0.2) is 0 Å². The van der Waals surface area contributed by atoms with E-state index in [4.69, 9.17) is 14.9 Å². The summed E-state index contributed by atoms with van der Waals surface area (Å²) in [6, 6.07) is 0. The Labute approximate surface area is 105 Å². The fourth-order valence-corrected chi connectivity index (χ4v) is 1.41. The standard InChI is InChI=1S/C6H12O5S.Na.H/c7-1-2-3(8)4(9)5(10)6(12)11-2;;/h2-10,12H,1H2;;/q;+1;-1/t2-,3+,4+,5-,6+;;/m1../s1. The maximum absolute atomic E-state index is 9.20. The van der Waals surface area contributed by atoms with Crippen LogP contribution in [0, 0.1) is 0 Å². The first-order valence-electron chi connectivity index (χ1n) is 3.56. The number of aliphatic hydroxyl groups excluding tert-OH is 4.